The summed E-state index contributed by atoms with van der Waals surface area (Å²) >= 11 is 0. The zero-order chi connectivity index (χ0) is 14.5. The molecule has 2 aromatic carbocycles. The molecule has 0 radical (unpaired) electrons. The molecule has 106 valence electrons. The molecule has 1 heterocycles. The first kappa shape index (κ1) is 13.7. The third-order valence-electron chi connectivity index (χ3n) is 3.71. The van der Waals surface area contributed by atoms with E-state index in [0.29, 0.717) is 6.54 Å². The second-order valence-corrected chi connectivity index (χ2v) is 5.29. The minimum Gasteiger partial charge on any atom is -0.344 e. The van der Waals surface area contributed by atoms with Crippen LogP contribution < -0.4 is 10.6 Å². The Morgan fingerprint density at radius 1 is 0.905 bits per heavy atom. The van der Waals surface area contributed by atoms with E-state index in [1.165, 1.54) is 16.8 Å². The molecule has 2 nitrogen and oxygen atoms in total. The predicted octanol–water partition coefficient (Wildman–Crippen LogP) is 3.50. The van der Waals surface area contributed by atoms with Crippen LogP contribution >= 0.6 is 0 Å². The van der Waals surface area contributed by atoms with Crippen LogP contribution in [0.4, 0.5) is 5.69 Å². The van der Waals surface area contributed by atoms with E-state index in [0.717, 1.165) is 18.5 Å². The summed E-state index contributed by atoms with van der Waals surface area (Å²) in [5, 5.41) is 0. The van der Waals surface area contributed by atoms with Crippen LogP contribution in [0.3, 0.4) is 0 Å². The van der Waals surface area contributed by atoms with Crippen LogP contribution in [0.2, 0.25) is 0 Å². The average molecular weight is 276 g/mol. The van der Waals surface area contributed by atoms with Crippen molar-refractivity contribution in [3.8, 4) is 0 Å². The minimum atomic E-state index is 0.582. The lowest BCUT2D eigenvalue weighted by molar-refractivity contribution is 1.02. The van der Waals surface area contributed by atoms with Gasteiger partial charge in [-0.15, -0.1) is 0 Å². The van der Waals surface area contributed by atoms with Gasteiger partial charge in [-0.3, -0.25) is 0 Å². The van der Waals surface area contributed by atoms with Gasteiger partial charge in [-0.1, -0.05) is 54.6 Å². The first-order valence-electron chi connectivity index (χ1n) is 7.32. The van der Waals surface area contributed by atoms with Crippen LogP contribution in [0.25, 0.3) is 0 Å². The van der Waals surface area contributed by atoms with Gasteiger partial charge in [-0.2, -0.15) is 0 Å². The largest absolute Gasteiger partial charge is 0.344 e. The lowest BCUT2D eigenvalue weighted by atomic mass is 10.0. The van der Waals surface area contributed by atoms with E-state index in [2.05, 4.69) is 77.8 Å². The van der Waals surface area contributed by atoms with Gasteiger partial charge in [-0.25, -0.2) is 0 Å². The van der Waals surface area contributed by atoms with Gasteiger partial charge in [-0.05, 0) is 35.3 Å². The summed E-state index contributed by atoms with van der Waals surface area (Å²) in [7, 11) is 0. The molecule has 0 fully saturated rings. The van der Waals surface area contributed by atoms with Crippen molar-refractivity contribution in [1.29, 1.82) is 0 Å². The first-order chi connectivity index (χ1) is 10.3. The van der Waals surface area contributed by atoms with Crippen molar-refractivity contribution >= 4 is 5.69 Å². The molecule has 0 aliphatic carbocycles. The van der Waals surface area contributed by atoms with E-state index in [9.17, 15) is 0 Å². The molecular weight excluding hydrogens is 256 g/mol. The Kier molecular flexibility index (Phi) is 4.17. The number of rotatable bonds is 4. The van der Waals surface area contributed by atoms with E-state index in [1.54, 1.807) is 0 Å². The molecule has 0 aromatic heterocycles. The van der Waals surface area contributed by atoms with E-state index >= 15 is 0 Å². The van der Waals surface area contributed by atoms with Crippen molar-refractivity contribution in [1.82, 2.24) is 0 Å². The first-order valence-corrected chi connectivity index (χ1v) is 7.32. The summed E-state index contributed by atoms with van der Waals surface area (Å²) in [4.78, 5) is 2.23. The maximum absolute atomic E-state index is 5.71. The number of nitrogens with two attached hydrogens (primary N) is 1. The summed E-state index contributed by atoms with van der Waals surface area (Å²) in [6.07, 6.45) is 7.36. The second kappa shape index (κ2) is 6.42. The zero-order valence-corrected chi connectivity index (χ0v) is 12.1. The average Bonchev–Trinajstić information content (AvgIpc) is 2.56. The van der Waals surface area contributed by atoms with Crippen molar-refractivity contribution in [2.24, 2.45) is 5.73 Å². The van der Waals surface area contributed by atoms with Gasteiger partial charge in [0, 0.05) is 25.0 Å². The van der Waals surface area contributed by atoms with Crippen LogP contribution in [0.5, 0.6) is 0 Å². The van der Waals surface area contributed by atoms with E-state index in [-0.39, 0.29) is 0 Å². The van der Waals surface area contributed by atoms with Crippen LogP contribution in [0, 0.1) is 0 Å². The summed E-state index contributed by atoms with van der Waals surface area (Å²) in [6, 6.07) is 19.3. The van der Waals surface area contributed by atoms with Crippen molar-refractivity contribution < 1.29 is 0 Å². The monoisotopic (exact) mass is 276 g/mol. The van der Waals surface area contributed by atoms with Crippen molar-refractivity contribution in [3.63, 3.8) is 0 Å². The number of hydrogen-bond acceptors (Lipinski definition) is 2. The van der Waals surface area contributed by atoms with Crippen LogP contribution in [0.15, 0.2) is 78.5 Å². The van der Waals surface area contributed by atoms with Crippen molar-refractivity contribution in [2.75, 3.05) is 18.0 Å². The van der Waals surface area contributed by atoms with Gasteiger partial charge in [0.15, 0.2) is 0 Å². The highest BCUT2D eigenvalue weighted by Gasteiger charge is 2.06. The highest BCUT2D eigenvalue weighted by molar-refractivity contribution is 5.54. The van der Waals surface area contributed by atoms with E-state index in [4.69, 9.17) is 5.73 Å². The van der Waals surface area contributed by atoms with Gasteiger partial charge in [0.25, 0.3) is 0 Å². The van der Waals surface area contributed by atoms with Gasteiger partial charge in [0.1, 0.15) is 0 Å². The fourth-order valence-corrected chi connectivity index (χ4v) is 2.55. The fourth-order valence-electron chi connectivity index (χ4n) is 2.55. The third-order valence-corrected chi connectivity index (χ3v) is 3.71. The molecule has 0 unspecified atom stereocenters. The lowest BCUT2D eigenvalue weighted by Gasteiger charge is -2.23. The minimum absolute atomic E-state index is 0.582. The Hall–Kier alpha value is -2.32. The molecular formula is C19H20N2. The molecule has 2 heteroatoms. The quantitative estimate of drug-likeness (QED) is 0.926. The molecule has 21 heavy (non-hydrogen) atoms. The fraction of sp³-hybridized carbons (Fsp3) is 0.158. The Bertz CT molecular complexity index is 639. The Balaban J connectivity index is 1.73. The second-order valence-electron chi connectivity index (χ2n) is 5.29. The Morgan fingerprint density at radius 2 is 1.62 bits per heavy atom. The van der Waals surface area contributed by atoms with Gasteiger partial charge in [0.2, 0.25) is 0 Å². The molecule has 0 spiro atoms. The maximum atomic E-state index is 5.71. The molecule has 0 amide bonds. The molecule has 1 aliphatic rings. The molecule has 2 aromatic rings. The van der Waals surface area contributed by atoms with Crippen molar-refractivity contribution in [3.05, 3.63) is 89.6 Å². The standard InChI is InChI=1S/C19H20N2/c20-14-18-7-4-12-21(15-18)19-10-8-17(9-11-19)13-16-5-2-1-3-6-16/h1-11,15H,12-14,20H2. The number of hydrogen-bond donors (Lipinski definition) is 1. The topological polar surface area (TPSA) is 29.3 Å². The predicted molar refractivity (Wildman–Crippen MR) is 89.3 cm³/mol. The van der Waals surface area contributed by atoms with Gasteiger partial charge >= 0.3 is 0 Å². The highest BCUT2D eigenvalue weighted by Crippen LogP contribution is 2.20. The molecule has 3 rings (SSSR count). The number of nitrogens with zero attached hydrogens (tertiary/aromatic N) is 1. The maximum Gasteiger partial charge on any atom is 0.0409 e. The molecule has 0 saturated carbocycles. The van der Waals surface area contributed by atoms with E-state index < -0.39 is 0 Å². The van der Waals surface area contributed by atoms with Gasteiger partial charge in [0.05, 0.1) is 0 Å². The SMILES string of the molecule is NCC1=CN(c2ccc(Cc3ccccc3)cc2)CC=C1. The molecule has 0 atom stereocenters. The summed E-state index contributed by atoms with van der Waals surface area (Å²) in [6.45, 7) is 1.49. The van der Waals surface area contributed by atoms with Crippen LogP contribution in [-0.2, 0) is 6.42 Å². The van der Waals surface area contributed by atoms with Crippen molar-refractivity contribution in [2.45, 2.75) is 6.42 Å². The Morgan fingerprint density at radius 3 is 2.33 bits per heavy atom. The zero-order valence-electron chi connectivity index (χ0n) is 12.1. The van der Waals surface area contributed by atoms with Crippen LogP contribution in [0.1, 0.15) is 11.1 Å². The third kappa shape index (κ3) is 3.41. The van der Waals surface area contributed by atoms with E-state index in [1.807, 2.05) is 0 Å². The molecule has 1 aliphatic heterocycles. The number of benzene rings is 2. The molecule has 2 N–H and O–H groups in total. The lowest BCUT2D eigenvalue weighted by Crippen LogP contribution is -2.21. The number of anilines is 1. The molecule has 0 saturated heterocycles. The summed E-state index contributed by atoms with van der Waals surface area (Å²) in [5.74, 6) is 0. The summed E-state index contributed by atoms with van der Waals surface area (Å²) < 4.78 is 0. The van der Waals surface area contributed by atoms with Gasteiger partial charge < -0.3 is 10.6 Å². The summed E-state index contributed by atoms with van der Waals surface area (Å²) in [5.41, 5.74) is 10.8. The highest BCUT2D eigenvalue weighted by atomic mass is 15.1. The smallest absolute Gasteiger partial charge is 0.0409 e. The molecule has 0 bridgehead atoms. The van der Waals surface area contributed by atoms with Crippen LogP contribution in [-0.4, -0.2) is 13.1 Å². The normalized spacial score (nSPS) is 14.1. The Labute approximate surface area is 126 Å².